The van der Waals surface area contributed by atoms with Gasteiger partial charge in [-0.05, 0) is 147 Å². The van der Waals surface area contributed by atoms with Gasteiger partial charge in [0.05, 0.1) is 37.5 Å². The van der Waals surface area contributed by atoms with E-state index in [1.54, 1.807) is 0 Å². The molecule has 8 heteroatoms. The van der Waals surface area contributed by atoms with Crippen molar-refractivity contribution in [3.63, 3.8) is 0 Å². The van der Waals surface area contributed by atoms with Crippen LogP contribution < -0.4 is 18.9 Å². The molecule has 0 saturated heterocycles. The molecule has 0 aliphatic heterocycles. The first-order chi connectivity index (χ1) is 38.4. The van der Waals surface area contributed by atoms with Gasteiger partial charge in [0.25, 0.3) is 0 Å². The van der Waals surface area contributed by atoms with Gasteiger partial charge in [-0.15, -0.1) is 10.2 Å². The molecule has 0 N–H and O–H groups in total. The van der Waals surface area contributed by atoms with E-state index >= 15 is 0 Å². The summed E-state index contributed by atoms with van der Waals surface area (Å²) in [6.45, 7) is 15.9. The van der Waals surface area contributed by atoms with Crippen LogP contribution in [0, 0.1) is 13.8 Å². The molecule has 0 radical (unpaired) electrons. The van der Waals surface area contributed by atoms with Crippen molar-refractivity contribution < 1.29 is 23.4 Å². The monoisotopic (exact) mass is 1040 g/mol. The van der Waals surface area contributed by atoms with Gasteiger partial charge in [-0.3, -0.25) is 0 Å². The van der Waals surface area contributed by atoms with Crippen LogP contribution in [0.5, 0.6) is 23.0 Å². The number of hydrogen-bond donors (Lipinski definition) is 0. The molecular formula is C70H81N3O5. The van der Waals surface area contributed by atoms with Crippen LogP contribution in [-0.2, 0) is 0 Å². The molecule has 2 aromatic heterocycles. The Morgan fingerprint density at radius 3 is 1.26 bits per heavy atom. The van der Waals surface area contributed by atoms with E-state index in [-0.39, 0.29) is 0 Å². The van der Waals surface area contributed by atoms with Crippen molar-refractivity contribution in [3.8, 4) is 85.0 Å². The van der Waals surface area contributed by atoms with Gasteiger partial charge in [0.2, 0.25) is 11.8 Å². The minimum Gasteiger partial charge on any atom is -0.493 e. The van der Waals surface area contributed by atoms with Gasteiger partial charge < -0.3 is 27.9 Å². The van der Waals surface area contributed by atoms with Gasteiger partial charge in [0.15, 0.2) is 0 Å². The Hall–Kier alpha value is -7.32. The second-order valence-electron chi connectivity index (χ2n) is 21.1. The zero-order chi connectivity index (χ0) is 54.1. The largest absolute Gasteiger partial charge is 0.493 e. The molecule has 0 spiro atoms. The summed E-state index contributed by atoms with van der Waals surface area (Å²) < 4.78 is 35.2. The number of benzene rings is 7. The van der Waals surface area contributed by atoms with E-state index in [0.717, 1.165) is 124 Å². The number of rotatable bonds is 30. The maximum atomic E-state index is 6.84. The quantitative estimate of drug-likeness (QED) is 0.0415. The van der Waals surface area contributed by atoms with E-state index < -0.39 is 0 Å². The smallest absolute Gasteiger partial charge is 0.248 e. The van der Waals surface area contributed by atoms with Crippen molar-refractivity contribution in [3.05, 3.63) is 151 Å². The zero-order valence-electron chi connectivity index (χ0n) is 47.3. The van der Waals surface area contributed by atoms with Gasteiger partial charge in [0, 0.05) is 44.3 Å². The molecule has 0 unspecified atom stereocenters. The standard InChI is InChI=1S/C70H81N3O5/c1-7-11-15-22-40-74-65-47-58(66(45-51(65)6)75-41-23-16-12-8-2)52-29-33-54(34-30-52)69-71-72-70(78-69)55-35-31-53(32-36-55)59-48-68(77-43-25-18-14-10-4)60(49-67(59)76-42-24-17-13-9-3)56-37-39-64-62(46-56)61-44-50(5)28-38-63(61)73(64)57-26-20-19-21-27-57/h19-21,26-39,44-49H,7-18,22-25,40-43H2,1-6H3. The maximum Gasteiger partial charge on any atom is 0.248 e. The topological polar surface area (TPSA) is 80.8 Å². The van der Waals surface area contributed by atoms with E-state index in [1.807, 2.05) is 12.1 Å². The Labute approximate surface area is 464 Å². The lowest BCUT2D eigenvalue weighted by molar-refractivity contribution is 0.296. The summed E-state index contributed by atoms with van der Waals surface area (Å²) in [6, 6.07) is 49.6. The molecular weight excluding hydrogens is 963 g/mol. The molecule has 0 amide bonds. The molecule has 0 atom stereocenters. The van der Waals surface area contributed by atoms with Crippen LogP contribution in [-0.4, -0.2) is 41.2 Å². The average Bonchev–Trinajstić information content (AvgIpc) is 4.24. The maximum absolute atomic E-state index is 6.84. The highest BCUT2D eigenvalue weighted by molar-refractivity contribution is 6.11. The summed E-state index contributed by atoms with van der Waals surface area (Å²) in [7, 11) is 0. The third-order valence-corrected chi connectivity index (χ3v) is 14.9. The number of aromatic nitrogens is 3. The molecule has 0 aliphatic rings. The third kappa shape index (κ3) is 13.7. The molecule has 7 aromatic carbocycles. The van der Waals surface area contributed by atoms with E-state index in [2.05, 4.69) is 184 Å². The number of nitrogens with zero attached hydrogens (tertiary/aromatic N) is 3. The first kappa shape index (κ1) is 55.4. The summed E-state index contributed by atoms with van der Waals surface area (Å²) in [5, 5.41) is 11.5. The highest BCUT2D eigenvalue weighted by Gasteiger charge is 2.21. The van der Waals surface area contributed by atoms with Crippen molar-refractivity contribution in [1.82, 2.24) is 14.8 Å². The van der Waals surface area contributed by atoms with Crippen LogP contribution in [0.4, 0.5) is 0 Å². The van der Waals surface area contributed by atoms with Gasteiger partial charge in [-0.25, -0.2) is 0 Å². The molecule has 78 heavy (non-hydrogen) atoms. The summed E-state index contributed by atoms with van der Waals surface area (Å²) in [6.07, 6.45) is 18.2. The minimum atomic E-state index is 0.455. The molecule has 8 nitrogen and oxygen atoms in total. The Balaban J connectivity index is 1.01. The van der Waals surface area contributed by atoms with Gasteiger partial charge in [0.1, 0.15) is 23.0 Å². The van der Waals surface area contributed by atoms with E-state index in [9.17, 15) is 0 Å². The predicted molar refractivity (Wildman–Crippen MR) is 324 cm³/mol. The van der Waals surface area contributed by atoms with Crippen LogP contribution in [0.3, 0.4) is 0 Å². The van der Waals surface area contributed by atoms with Crippen molar-refractivity contribution in [2.45, 2.75) is 144 Å². The minimum absolute atomic E-state index is 0.455. The SMILES string of the molecule is CCCCCCOc1cc(-c2ccc(-c3nnc(-c4ccc(-c5cc(OCCCCCC)c(-c6ccc7c(c6)c6cc(C)ccc6n7-c6ccccc6)cc5OCCCCCC)cc4)o3)cc2)c(OCCCCCC)cc1C. The van der Waals surface area contributed by atoms with Crippen LogP contribution >= 0.6 is 0 Å². The highest BCUT2D eigenvalue weighted by Crippen LogP contribution is 2.44. The number of para-hydroxylation sites is 1. The highest BCUT2D eigenvalue weighted by atomic mass is 16.5. The Morgan fingerprint density at radius 1 is 0.372 bits per heavy atom. The molecule has 0 fully saturated rings. The number of aryl methyl sites for hydroxylation is 2. The molecule has 2 heterocycles. The molecule has 406 valence electrons. The Morgan fingerprint density at radius 2 is 0.769 bits per heavy atom. The summed E-state index contributed by atoms with van der Waals surface area (Å²) in [5.74, 6) is 4.37. The number of hydrogen-bond acceptors (Lipinski definition) is 7. The zero-order valence-corrected chi connectivity index (χ0v) is 47.3. The third-order valence-electron chi connectivity index (χ3n) is 14.9. The van der Waals surface area contributed by atoms with E-state index in [1.165, 1.54) is 85.2 Å². The first-order valence-electron chi connectivity index (χ1n) is 29.4. The van der Waals surface area contributed by atoms with Crippen LogP contribution in [0.1, 0.15) is 142 Å². The normalized spacial score (nSPS) is 11.5. The lowest BCUT2D eigenvalue weighted by atomic mass is 9.96. The van der Waals surface area contributed by atoms with Crippen molar-refractivity contribution in [2.75, 3.05) is 26.4 Å². The van der Waals surface area contributed by atoms with Gasteiger partial charge in [-0.2, -0.15) is 0 Å². The summed E-state index contributed by atoms with van der Waals surface area (Å²) in [5.41, 5.74) is 13.7. The van der Waals surface area contributed by atoms with Crippen molar-refractivity contribution in [2.24, 2.45) is 0 Å². The molecule has 9 aromatic rings. The van der Waals surface area contributed by atoms with Crippen LogP contribution in [0.25, 0.3) is 83.8 Å². The lowest BCUT2D eigenvalue weighted by Gasteiger charge is -2.19. The van der Waals surface area contributed by atoms with Crippen LogP contribution in [0.15, 0.2) is 144 Å². The first-order valence-corrected chi connectivity index (χ1v) is 29.4. The number of ether oxygens (including phenoxy) is 4. The average molecular weight is 1040 g/mol. The lowest BCUT2D eigenvalue weighted by Crippen LogP contribution is -2.03. The second-order valence-corrected chi connectivity index (χ2v) is 21.1. The fourth-order valence-electron chi connectivity index (χ4n) is 10.5. The fraction of sp³-hybridized carbons (Fsp3) is 0.371. The Bertz CT molecular complexity index is 3320. The summed E-state index contributed by atoms with van der Waals surface area (Å²) in [4.78, 5) is 0. The van der Waals surface area contributed by atoms with Crippen LogP contribution in [0.2, 0.25) is 0 Å². The number of fused-ring (bicyclic) bond motifs is 3. The van der Waals surface area contributed by atoms with E-state index in [4.69, 9.17) is 23.4 Å². The predicted octanol–water partition coefficient (Wildman–Crippen LogP) is 20.0. The van der Waals surface area contributed by atoms with Crippen molar-refractivity contribution >= 4 is 21.8 Å². The fourth-order valence-corrected chi connectivity index (χ4v) is 10.5. The molecule has 0 saturated carbocycles. The van der Waals surface area contributed by atoms with Gasteiger partial charge in [-0.1, -0.05) is 165 Å². The molecule has 0 bridgehead atoms. The Kier molecular flexibility index (Phi) is 19.8. The summed E-state index contributed by atoms with van der Waals surface area (Å²) >= 11 is 0. The number of unbranched alkanes of at least 4 members (excludes halogenated alkanes) is 12. The van der Waals surface area contributed by atoms with Crippen molar-refractivity contribution in [1.29, 1.82) is 0 Å². The molecule has 0 aliphatic carbocycles. The second kappa shape index (κ2) is 27.8. The molecule has 9 rings (SSSR count). The van der Waals surface area contributed by atoms with Gasteiger partial charge >= 0.3 is 0 Å². The van der Waals surface area contributed by atoms with E-state index in [0.29, 0.717) is 38.2 Å².